The van der Waals surface area contributed by atoms with E-state index in [1.807, 2.05) is 13.0 Å². The van der Waals surface area contributed by atoms with Crippen molar-refractivity contribution in [3.05, 3.63) is 23.2 Å². The summed E-state index contributed by atoms with van der Waals surface area (Å²) in [5, 5.41) is 14.7. The van der Waals surface area contributed by atoms with Crippen LogP contribution in [0.15, 0.2) is 10.5 Å². The normalized spacial score (nSPS) is 21.9. The number of hydrogen-bond donors (Lipinski definition) is 3. The first-order chi connectivity index (χ1) is 9.30. The van der Waals surface area contributed by atoms with Crippen molar-refractivity contribution in [3.63, 3.8) is 0 Å². The van der Waals surface area contributed by atoms with E-state index in [9.17, 15) is 4.79 Å². The van der Waals surface area contributed by atoms with Crippen LogP contribution in [-0.2, 0) is 6.42 Å². The Morgan fingerprint density at radius 3 is 2.95 bits per heavy atom. The van der Waals surface area contributed by atoms with Crippen LogP contribution in [0.25, 0.3) is 0 Å². The number of fused-ring (bicyclic) bond motifs is 1. The number of nitrogens with one attached hydrogen (secondary N) is 2. The van der Waals surface area contributed by atoms with E-state index in [4.69, 9.17) is 9.52 Å². The van der Waals surface area contributed by atoms with Crippen LogP contribution in [0.5, 0.6) is 0 Å². The molecule has 1 aliphatic carbocycles. The fourth-order valence-electron chi connectivity index (χ4n) is 2.78. The van der Waals surface area contributed by atoms with Gasteiger partial charge in [-0.2, -0.15) is 0 Å². The number of amides is 2. The Labute approximate surface area is 119 Å². The minimum absolute atomic E-state index is 0.0444. The molecule has 1 aromatic heterocycles. The molecule has 1 heterocycles. The van der Waals surface area contributed by atoms with E-state index in [2.05, 4.69) is 24.5 Å². The second-order valence-corrected chi connectivity index (χ2v) is 6.53. The van der Waals surface area contributed by atoms with Gasteiger partial charge in [0.1, 0.15) is 11.5 Å². The van der Waals surface area contributed by atoms with E-state index >= 15 is 0 Å². The topological polar surface area (TPSA) is 74.5 Å². The van der Waals surface area contributed by atoms with E-state index in [0.29, 0.717) is 0 Å². The second-order valence-electron chi connectivity index (χ2n) is 6.53. The molecule has 0 radical (unpaired) electrons. The third-order valence-corrected chi connectivity index (χ3v) is 3.69. The van der Waals surface area contributed by atoms with Gasteiger partial charge >= 0.3 is 6.03 Å². The van der Waals surface area contributed by atoms with E-state index in [1.165, 1.54) is 0 Å². The lowest BCUT2D eigenvalue weighted by Crippen LogP contribution is -2.45. The average Bonchev–Trinajstić information content (AvgIpc) is 2.67. The van der Waals surface area contributed by atoms with Crippen molar-refractivity contribution in [1.82, 2.24) is 10.6 Å². The number of aliphatic hydroxyl groups excluding tert-OH is 1. The molecule has 0 spiro atoms. The van der Waals surface area contributed by atoms with Crippen LogP contribution in [0.2, 0.25) is 0 Å². The van der Waals surface area contributed by atoms with Gasteiger partial charge in [0.2, 0.25) is 0 Å². The minimum atomic E-state index is -0.253. The molecule has 5 heteroatoms. The van der Waals surface area contributed by atoms with Crippen LogP contribution in [-0.4, -0.2) is 23.8 Å². The van der Waals surface area contributed by atoms with Crippen molar-refractivity contribution < 1.29 is 14.3 Å². The van der Waals surface area contributed by atoms with Crippen LogP contribution in [0.4, 0.5) is 4.79 Å². The van der Waals surface area contributed by atoms with Crippen LogP contribution in [0.3, 0.4) is 0 Å². The summed E-state index contributed by atoms with van der Waals surface area (Å²) in [5.74, 6) is 1.85. The molecule has 0 saturated carbocycles. The van der Waals surface area contributed by atoms with Crippen molar-refractivity contribution in [2.75, 3.05) is 6.61 Å². The van der Waals surface area contributed by atoms with Crippen LogP contribution in [0.1, 0.15) is 50.3 Å². The molecule has 2 amide bonds. The van der Waals surface area contributed by atoms with Gasteiger partial charge in [-0.1, -0.05) is 13.8 Å². The molecule has 0 aliphatic heterocycles. The molecule has 3 N–H and O–H groups in total. The van der Waals surface area contributed by atoms with Crippen LogP contribution in [0, 0.1) is 12.3 Å². The monoisotopic (exact) mass is 280 g/mol. The summed E-state index contributed by atoms with van der Waals surface area (Å²) in [6.45, 7) is 7.97. The van der Waals surface area contributed by atoms with E-state index < -0.39 is 0 Å². The summed E-state index contributed by atoms with van der Waals surface area (Å²) in [4.78, 5) is 11.9. The standard InChI is InChI=1S/C15H24N2O3/c1-9(8-18)16-14(19)17-12-6-15(3,4)7-13-11(12)5-10(2)20-13/h5,9,12,18H,6-8H2,1-4H3,(H2,16,17,19). The Bertz CT molecular complexity index is 493. The van der Waals surface area contributed by atoms with E-state index in [1.54, 1.807) is 6.92 Å². The fourth-order valence-corrected chi connectivity index (χ4v) is 2.78. The minimum Gasteiger partial charge on any atom is -0.466 e. The van der Waals surface area contributed by atoms with Gasteiger partial charge in [-0.15, -0.1) is 0 Å². The van der Waals surface area contributed by atoms with Crippen LogP contribution >= 0.6 is 0 Å². The zero-order chi connectivity index (χ0) is 14.9. The molecule has 1 aliphatic rings. The first-order valence-electron chi connectivity index (χ1n) is 7.08. The summed E-state index contributed by atoms with van der Waals surface area (Å²) < 4.78 is 5.74. The Balaban J connectivity index is 2.13. The van der Waals surface area contributed by atoms with Gasteiger partial charge in [-0.3, -0.25) is 0 Å². The Hall–Kier alpha value is -1.49. The van der Waals surface area contributed by atoms with Gasteiger partial charge < -0.3 is 20.2 Å². The Morgan fingerprint density at radius 2 is 2.30 bits per heavy atom. The molecule has 0 bridgehead atoms. The fraction of sp³-hybridized carbons (Fsp3) is 0.667. The maximum atomic E-state index is 11.9. The maximum absolute atomic E-state index is 11.9. The SMILES string of the molecule is Cc1cc2c(o1)CC(C)(C)CC2NC(=O)NC(C)CO. The second kappa shape index (κ2) is 5.48. The van der Waals surface area contributed by atoms with Crippen molar-refractivity contribution in [2.24, 2.45) is 5.41 Å². The van der Waals surface area contributed by atoms with Gasteiger partial charge in [-0.05, 0) is 31.7 Å². The zero-order valence-corrected chi connectivity index (χ0v) is 12.6. The van der Waals surface area contributed by atoms with E-state index in [-0.39, 0.29) is 30.1 Å². The first-order valence-corrected chi connectivity index (χ1v) is 7.08. The third kappa shape index (κ3) is 3.33. The lowest BCUT2D eigenvalue weighted by Gasteiger charge is -2.34. The highest BCUT2D eigenvalue weighted by atomic mass is 16.3. The van der Waals surface area contributed by atoms with Gasteiger partial charge in [0.15, 0.2) is 0 Å². The number of urea groups is 1. The number of carbonyl (C=O) groups is 1. The quantitative estimate of drug-likeness (QED) is 0.795. The first kappa shape index (κ1) is 14.9. The summed E-state index contributed by atoms with van der Waals surface area (Å²) in [5.41, 5.74) is 1.17. The lowest BCUT2D eigenvalue weighted by atomic mass is 9.75. The number of aryl methyl sites for hydroxylation is 1. The molecule has 0 saturated heterocycles. The van der Waals surface area contributed by atoms with Crippen molar-refractivity contribution >= 4 is 6.03 Å². The van der Waals surface area contributed by atoms with Crippen molar-refractivity contribution in [3.8, 4) is 0 Å². The number of hydrogen-bond acceptors (Lipinski definition) is 3. The zero-order valence-electron chi connectivity index (χ0n) is 12.6. The van der Waals surface area contributed by atoms with Gasteiger partial charge in [0.25, 0.3) is 0 Å². The largest absolute Gasteiger partial charge is 0.466 e. The van der Waals surface area contributed by atoms with Crippen molar-refractivity contribution in [1.29, 1.82) is 0 Å². The maximum Gasteiger partial charge on any atom is 0.315 e. The molecule has 2 atom stereocenters. The smallest absolute Gasteiger partial charge is 0.315 e. The van der Waals surface area contributed by atoms with Gasteiger partial charge in [0.05, 0.1) is 18.7 Å². The molecule has 1 aromatic rings. The number of rotatable bonds is 3. The molecule has 20 heavy (non-hydrogen) atoms. The lowest BCUT2D eigenvalue weighted by molar-refractivity contribution is 0.203. The summed E-state index contributed by atoms with van der Waals surface area (Å²) in [6.07, 6.45) is 1.77. The van der Waals surface area contributed by atoms with E-state index in [0.717, 1.165) is 29.9 Å². The summed E-state index contributed by atoms with van der Waals surface area (Å²) >= 11 is 0. The van der Waals surface area contributed by atoms with Crippen LogP contribution < -0.4 is 10.6 Å². The molecule has 5 nitrogen and oxygen atoms in total. The molecule has 0 fully saturated rings. The highest BCUT2D eigenvalue weighted by Crippen LogP contribution is 2.41. The average molecular weight is 280 g/mol. The molecule has 112 valence electrons. The molecular formula is C15H24N2O3. The Morgan fingerprint density at radius 1 is 1.60 bits per heavy atom. The number of furan rings is 1. The highest BCUT2D eigenvalue weighted by molar-refractivity contribution is 5.74. The summed E-state index contributed by atoms with van der Waals surface area (Å²) in [7, 11) is 0. The third-order valence-electron chi connectivity index (χ3n) is 3.69. The Kier molecular flexibility index (Phi) is 4.09. The van der Waals surface area contributed by atoms with Gasteiger partial charge in [0, 0.05) is 12.0 Å². The predicted molar refractivity (Wildman–Crippen MR) is 76.5 cm³/mol. The molecular weight excluding hydrogens is 256 g/mol. The van der Waals surface area contributed by atoms with Crippen molar-refractivity contribution in [2.45, 2.75) is 52.6 Å². The highest BCUT2D eigenvalue weighted by Gasteiger charge is 2.35. The summed E-state index contributed by atoms with van der Waals surface area (Å²) in [6, 6.07) is 1.46. The predicted octanol–water partition coefficient (Wildman–Crippen LogP) is 2.28. The molecule has 2 unspecified atom stereocenters. The van der Waals surface area contributed by atoms with Gasteiger partial charge in [-0.25, -0.2) is 4.79 Å². The number of aliphatic hydroxyl groups is 1. The number of carbonyl (C=O) groups excluding carboxylic acids is 1. The molecule has 2 rings (SSSR count). The molecule has 0 aromatic carbocycles.